The van der Waals surface area contributed by atoms with Gasteiger partial charge < -0.3 is 19.1 Å². The van der Waals surface area contributed by atoms with Crippen LogP contribution >= 0.6 is 0 Å². The molecule has 2 aromatic rings. The molecular weight excluding hydrogens is 334 g/mol. The summed E-state index contributed by atoms with van der Waals surface area (Å²) in [7, 11) is 1.61. The summed E-state index contributed by atoms with van der Waals surface area (Å²) in [6.07, 6.45) is 1.63. The standard InChI is InChI=1S/C18H23N5O3/c1-4-21-12-19-20-16(21)10-23-13(2)18(25)22(11-17(23)24)9-14-5-7-15(26-3)8-6-14/h5-8,12-13H,4,9-11H2,1-3H3/t13-/m0/s1. The molecule has 0 aliphatic carbocycles. The SMILES string of the molecule is CCn1cnnc1CN1C(=O)CN(Cc2ccc(OC)cc2)C(=O)[C@@H]1C. The molecule has 1 aliphatic rings. The monoisotopic (exact) mass is 357 g/mol. The predicted molar refractivity (Wildman–Crippen MR) is 94.1 cm³/mol. The van der Waals surface area contributed by atoms with Crippen molar-refractivity contribution in [3.05, 3.63) is 42.0 Å². The van der Waals surface area contributed by atoms with Crippen molar-refractivity contribution >= 4 is 11.8 Å². The largest absolute Gasteiger partial charge is 0.497 e. The minimum absolute atomic E-state index is 0.0649. The lowest BCUT2D eigenvalue weighted by Gasteiger charge is -2.38. The highest BCUT2D eigenvalue weighted by molar-refractivity contribution is 5.94. The molecule has 0 N–H and O–H groups in total. The third-order valence-corrected chi connectivity index (χ3v) is 4.66. The molecule has 26 heavy (non-hydrogen) atoms. The zero-order valence-corrected chi connectivity index (χ0v) is 15.3. The van der Waals surface area contributed by atoms with Gasteiger partial charge in [0.2, 0.25) is 11.8 Å². The van der Waals surface area contributed by atoms with Gasteiger partial charge in [-0.05, 0) is 31.5 Å². The molecule has 1 atom stereocenters. The number of amides is 2. The van der Waals surface area contributed by atoms with E-state index in [-0.39, 0.29) is 24.9 Å². The lowest BCUT2D eigenvalue weighted by molar-refractivity contribution is -0.156. The average Bonchev–Trinajstić information content (AvgIpc) is 3.11. The number of rotatable bonds is 6. The van der Waals surface area contributed by atoms with Crippen LogP contribution in [0.2, 0.25) is 0 Å². The lowest BCUT2D eigenvalue weighted by atomic mass is 10.1. The van der Waals surface area contributed by atoms with Crippen LogP contribution in [0.25, 0.3) is 0 Å². The van der Waals surface area contributed by atoms with Crippen LogP contribution in [-0.4, -0.2) is 56.1 Å². The van der Waals surface area contributed by atoms with Crippen LogP contribution in [0.4, 0.5) is 0 Å². The van der Waals surface area contributed by atoms with E-state index in [1.165, 1.54) is 0 Å². The van der Waals surface area contributed by atoms with E-state index >= 15 is 0 Å². The summed E-state index contributed by atoms with van der Waals surface area (Å²) in [4.78, 5) is 28.6. The maximum Gasteiger partial charge on any atom is 0.245 e. The number of aryl methyl sites for hydroxylation is 1. The van der Waals surface area contributed by atoms with Gasteiger partial charge in [-0.25, -0.2) is 0 Å². The number of benzene rings is 1. The van der Waals surface area contributed by atoms with Crippen molar-refractivity contribution in [3.8, 4) is 5.75 Å². The predicted octanol–water partition coefficient (Wildman–Crippen LogP) is 1.07. The van der Waals surface area contributed by atoms with E-state index in [4.69, 9.17) is 4.74 Å². The van der Waals surface area contributed by atoms with Gasteiger partial charge in [-0.3, -0.25) is 9.59 Å². The molecule has 0 radical (unpaired) electrons. The Kier molecular flexibility index (Phi) is 5.20. The first kappa shape index (κ1) is 17.9. The Morgan fingerprint density at radius 3 is 2.58 bits per heavy atom. The Hall–Kier alpha value is -2.90. The maximum absolute atomic E-state index is 12.8. The van der Waals surface area contributed by atoms with E-state index in [9.17, 15) is 9.59 Å². The molecule has 1 aliphatic heterocycles. The van der Waals surface area contributed by atoms with Crippen molar-refractivity contribution in [2.75, 3.05) is 13.7 Å². The molecule has 1 aromatic carbocycles. The second-order valence-corrected chi connectivity index (χ2v) is 6.27. The zero-order valence-electron chi connectivity index (χ0n) is 15.3. The number of carbonyl (C=O) groups is 2. The maximum atomic E-state index is 12.8. The second kappa shape index (κ2) is 7.55. The summed E-state index contributed by atoms with van der Waals surface area (Å²) in [6, 6.07) is 6.96. The van der Waals surface area contributed by atoms with E-state index < -0.39 is 6.04 Å². The summed E-state index contributed by atoms with van der Waals surface area (Å²) in [5.74, 6) is 1.29. The molecule has 0 bridgehead atoms. The quantitative estimate of drug-likeness (QED) is 0.772. The topological polar surface area (TPSA) is 80.6 Å². The summed E-state index contributed by atoms with van der Waals surface area (Å²) in [5, 5.41) is 7.94. The molecule has 138 valence electrons. The van der Waals surface area contributed by atoms with Crippen molar-refractivity contribution in [2.24, 2.45) is 0 Å². The highest BCUT2D eigenvalue weighted by Crippen LogP contribution is 2.19. The van der Waals surface area contributed by atoms with Gasteiger partial charge in [0.05, 0.1) is 13.7 Å². The van der Waals surface area contributed by atoms with Crippen molar-refractivity contribution in [2.45, 2.75) is 39.5 Å². The van der Waals surface area contributed by atoms with Gasteiger partial charge in [0, 0.05) is 13.1 Å². The third kappa shape index (κ3) is 3.54. The molecule has 2 heterocycles. The molecular formula is C18H23N5O3. The molecule has 1 fully saturated rings. The van der Waals surface area contributed by atoms with Crippen molar-refractivity contribution in [3.63, 3.8) is 0 Å². The van der Waals surface area contributed by atoms with Gasteiger partial charge in [-0.15, -0.1) is 10.2 Å². The fraction of sp³-hybridized carbons (Fsp3) is 0.444. The smallest absolute Gasteiger partial charge is 0.245 e. The summed E-state index contributed by atoms with van der Waals surface area (Å²) in [6.45, 7) is 5.21. The number of nitrogens with zero attached hydrogens (tertiary/aromatic N) is 5. The highest BCUT2D eigenvalue weighted by Gasteiger charge is 2.37. The number of methoxy groups -OCH3 is 1. The van der Waals surface area contributed by atoms with Gasteiger partial charge in [-0.1, -0.05) is 12.1 Å². The van der Waals surface area contributed by atoms with E-state index in [1.54, 1.807) is 30.2 Å². The molecule has 0 saturated carbocycles. The van der Waals surface area contributed by atoms with Crippen LogP contribution in [-0.2, 0) is 29.2 Å². The van der Waals surface area contributed by atoms with Crippen molar-refractivity contribution in [1.29, 1.82) is 0 Å². The van der Waals surface area contributed by atoms with E-state index in [0.717, 1.165) is 17.9 Å². The first-order valence-corrected chi connectivity index (χ1v) is 8.61. The molecule has 0 unspecified atom stereocenters. The normalized spacial score (nSPS) is 17.7. The first-order valence-electron chi connectivity index (χ1n) is 8.61. The second-order valence-electron chi connectivity index (χ2n) is 6.27. The number of carbonyl (C=O) groups excluding carboxylic acids is 2. The van der Waals surface area contributed by atoms with Crippen LogP contribution in [0.15, 0.2) is 30.6 Å². The Bertz CT molecular complexity index is 786. The Morgan fingerprint density at radius 2 is 1.92 bits per heavy atom. The Balaban J connectivity index is 1.70. The Labute approximate surface area is 152 Å². The molecule has 2 amide bonds. The van der Waals surface area contributed by atoms with Crippen molar-refractivity contribution in [1.82, 2.24) is 24.6 Å². The number of hydrogen-bond donors (Lipinski definition) is 0. The molecule has 8 heteroatoms. The summed E-state index contributed by atoms with van der Waals surface area (Å²) in [5.41, 5.74) is 0.957. The lowest BCUT2D eigenvalue weighted by Crippen LogP contribution is -2.58. The fourth-order valence-corrected chi connectivity index (χ4v) is 3.07. The number of hydrogen-bond acceptors (Lipinski definition) is 5. The van der Waals surface area contributed by atoms with Crippen LogP contribution in [0.5, 0.6) is 5.75 Å². The minimum Gasteiger partial charge on any atom is -0.497 e. The van der Waals surface area contributed by atoms with Crippen LogP contribution in [0, 0.1) is 0 Å². The minimum atomic E-state index is -0.531. The molecule has 3 rings (SSSR count). The van der Waals surface area contributed by atoms with E-state index in [0.29, 0.717) is 12.4 Å². The van der Waals surface area contributed by atoms with Gasteiger partial charge in [0.25, 0.3) is 0 Å². The highest BCUT2D eigenvalue weighted by atomic mass is 16.5. The van der Waals surface area contributed by atoms with Crippen LogP contribution in [0.3, 0.4) is 0 Å². The Morgan fingerprint density at radius 1 is 1.19 bits per heavy atom. The molecule has 0 spiro atoms. The van der Waals surface area contributed by atoms with Gasteiger partial charge in [0.1, 0.15) is 24.7 Å². The van der Waals surface area contributed by atoms with Gasteiger partial charge in [0.15, 0.2) is 5.82 Å². The van der Waals surface area contributed by atoms with E-state index in [1.807, 2.05) is 35.8 Å². The first-order chi connectivity index (χ1) is 12.5. The molecule has 1 saturated heterocycles. The number of piperazine rings is 1. The van der Waals surface area contributed by atoms with E-state index in [2.05, 4.69) is 10.2 Å². The summed E-state index contributed by atoms with van der Waals surface area (Å²) < 4.78 is 7.01. The van der Waals surface area contributed by atoms with Gasteiger partial charge in [-0.2, -0.15) is 0 Å². The fourth-order valence-electron chi connectivity index (χ4n) is 3.07. The molecule has 8 nitrogen and oxygen atoms in total. The summed E-state index contributed by atoms with van der Waals surface area (Å²) >= 11 is 0. The molecule has 1 aromatic heterocycles. The van der Waals surface area contributed by atoms with Crippen molar-refractivity contribution < 1.29 is 14.3 Å². The average molecular weight is 357 g/mol. The number of aromatic nitrogens is 3. The van der Waals surface area contributed by atoms with Gasteiger partial charge >= 0.3 is 0 Å². The van der Waals surface area contributed by atoms with Crippen LogP contribution < -0.4 is 4.74 Å². The zero-order chi connectivity index (χ0) is 18.7. The van der Waals surface area contributed by atoms with Crippen LogP contribution in [0.1, 0.15) is 25.2 Å². The third-order valence-electron chi connectivity index (χ3n) is 4.66. The number of ether oxygens (including phenoxy) is 1.